The highest BCUT2D eigenvalue weighted by molar-refractivity contribution is 7.23. The molecule has 5 heterocycles. The molecule has 0 saturated heterocycles. The van der Waals surface area contributed by atoms with E-state index in [4.69, 9.17) is 13.1 Å². The molecule has 4 aromatic carbocycles. The lowest BCUT2D eigenvalue weighted by Gasteiger charge is -2.30. The van der Waals surface area contributed by atoms with Crippen LogP contribution in [-0.4, -0.2) is 32.3 Å². The summed E-state index contributed by atoms with van der Waals surface area (Å²) >= 11 is 3.36. The molecular formula is C95H115F4N5O2S2Si2. The smallest absolute Gasteiger partial charge is 0.270 e. The molecule has 0 saturated carbocycles. The van der Waals surface area contributed by atoms with Crippen molar-refractivity contribution in [2.75, 3.05) is 0 Å². The second-order valence-corrected chi connectivity index (χ2v) is 42.9. The maximum absolute atomic E-state index is 15.3. The van der Waals surface area contributed by atoms with E-state index in [1.54, 1.807) is 22.7 Å². The Balaban J connectivity index is 1.20. The summed E-state index contributed by atoms with van der Waals surface area (Å²) in [6.07, 6.45) is 47.9. The number of carbonyl (C=O) groups is 2. The molecule has 0 unspecified atom stereocenters. The van der Waals surface area contributed by atoms with Gasteiger partial charge in [-0.1, -0.05) is 285 Å². The van der Waals surface area contributed by atoms with Crippen molar-refractivity contribution >= 4 is 116 Å². The predicted octanol–water partition coefficient (Wildman–Crippen LogP) is 27.9. The first-order valence-corrected chi connectivity index (χ1v) is 49.1. The highest BCUT2D eigenvalue weighted by atomic mass is 32.1. The third-order valence-electron chi connectivity index (χ3n) is 24.8. The molecule has 2 aliphatic carbocycles. The SMILES string of the molecule is [C-]#[N+]/C(C#N)=C1\C(=C\c2cc3c(s2)-c2cc4c(cc2[Si]3(CCCCCCCC)CCCCCCCC)c2cc3c(cc2n4C(CCCCCCCC)CCCCCCCC)-c2sc(/C=C4\C(=O)c5cc(F)c(F)cc5\C4=C(\C#N)[N+]#[C-])cc2[Si]3(CCCCCCCC)CCCCCCCC)C(=O)c2cc(F)c(F)cc21. The molecule has 0 N–H and O–H groups in total. The molecule has 4 aliphatic rings. The number of nitriles is 2. The fourth-order valence-corrected chi connectivity index (χ4v) is 33.8. The van der Waals surface area contributed by atoms with E-state index in [1.165, 1.54) is 230 Å². The molecule has 0 amide bonds. The molecule has 3 aromatic heterocycles. The van der Waals surface area contributed by atoms with E-state index in [1.807, 2.05) is 24.3 Å². The molecule has 2 aliphatic heterocycles. The topological polar surface area (TPSA) is 95.4 Å². The average Bonchev–Trinajstić information content (AvgIpc) is 1.52. The number of hydrogen-bond donors (Lipinski definition) is 0. The number of nitrogens with zero attached hydrogens (tertiary/aromatic N) is 5. The summed E-state index contributed by atoms with van der Waals surface area (Å²) in [5, 5.41) is 29.4. The maximum Gasteiger partial charge on any atom is 0.270 e. The number of benzene rings is 4. The van der Waals surface area contributed by atoms with Crippen LogP contribution < -0.4 is 20.7 Å². The average molecular weight is 1560 g/mol. The molecule has 15 heteroatoms. The number of allylic oxidation sites excluding steroid dienone is 6. The van der Waals surface area contributed by atoms with E-state index in [2.05, 4.69) is 92.2 Å². The van der Waals surface area contributed by atoms with Crippen molar-refractivity contribution in [2.24, 2.45) is 0 Å². The van der Waals surface area contributed by atoms with Crippen molar-refractivity contribution < 1.29 is 27.2 Å². The normalized spacial score (nSPS) is 15.9. The number of aromatic nitrogens is 1. The highest BCUT2D eigenvalue weighted by Gasteiger charge is 2.49. The van der Waals surface area contributed by atoms with Gasteiger partial charge in [-0.15, -0.1) is 22.7 Å². The first-order valence-electron chi connectivity index (χ1n) is 42.7. The van der Waals surface area contributed by atoms with Crippen molar-refractivity contribution in [3.63, 3.8) is 0 Å². The number of carbonyl (C=O) groups excluding carboxylic acids is 2. The summed E-state index contributed by atoms with van der Waals surface area (Å²) in [5.74, 6) is -5.66. The number of thiophene rings is 2. The first kappa shape index (κ1) is 83.4. The Bertz CT molecular complexity index is 4440. The summed E-state index contributed by atoms with van der Waals surface area (Å²) in [6, 6.07) is 27.6. The first-order chi connectivity index (χ1) is 53.7. The van der Waals surface area contributed by atoms with Crippen molar-refractivity contribution in [1.82, 2.24) is 4.57 Å². The van der Waals surface area contributed by atoms with Crippen LogP contribution in [0.3, 0.4) is 0 Å². The van der Waals surface area contributed by atoms with Crippen LogP contribution in [0, 0.1) is 59.1 Å². The number of unbranched alkanes of at least 4 members (excludes halogenated alkanes) is 30. The third kappa shape index (κ3) is 17.8. The van der Waals surface area contributed by atoms with Gasteiger partial charge in [-0.3, -0.25) is 9.59 Å². The number of Topliss-reactive ketones (excluding diaryl/α,β-unsaturated/α-hetero) is 2. The molecular weight excluding hydrogens is 1440 g/mol. The lowest BCUT2D eigenvalue weighted by atomic mass is 9.99. The predicted molar refractivity (Wildman–Crippen MR) is 459 cm³/mol. The monoisotopic (exact) mass is 1550 g/mol. The Morgan fingerprint density at radius 3 is 0.991 bits per heavy atom. The minimum absolute atomic E-state index is 0.0504. The second kappa shape index (κ2) is 39.8. The van der Waals surface area contributed by atoms with Gasteiger partial charge >= 0.3 is 0 Å². The Morgan fingerprint density at radius 2 is 0.691 bits per heavy atom. The molecule has 11 rings (SSSR count). The summed E-state index contributed by atoms with van der Waals surface area (Å²) in [4.78, 5) is 40.8. The Labute approximate surface area is 664 Å². The summed E-state index contributed by atoms with van der Waals surface area (Å²) in [7, 11) is -5.47. The van der Waals surface area contributed by atoms with Gasteiger partial charge in [0.2, 0.25) is 0 Å². The number of fused-ring (bicyclic) bond motifs is 11. The van der Waals surface area contributed by atoms with Crippen LogP contribution in [0.1, 0.15) is 333 Å². The molecule has 580 valence electrons. The zero-order chi connectivity index (χ0) is 77.9. The molecule has 0 radical (unpaired) electrons. The molecule has 0 bridgehead atoms. The van der Waals surface area contributed by atoms with Gasteiger partial charge < -0.3 is 4.57 Å². The van der Waals surface area contributed by atoms with Crippen LogP contribution >= 0.6 is 22.7 Å². The highest BCUT2D eigenvalue weighted by Crippen LogP contribution is 2.51. The third-order valence-corrected chi connectivity index (χ3v) is 37.9. The fraction of sp³-hybridized carbons (Fsp3) is 0.516. The van der Waals surface area contributed by atoms with E-state index in [-0.39, 0.29) is 62.0 Å². The lowest BCUT2D eigenvalue weighted by Crippen LogP contribution is -2.55. The van der Waals surface area contributed by atoms with Gasteiger partial charge in [0.25, 0.3) is 11.4 Å². The maximum atomic E-state index is 15.3. The second-order valence-electron chi connectivity index (χ2n) is 32.3. The number of halogens is 4. The molecule has 0 fully saturated rings. The van der Waals surface area contributed by atoms with E-state index in [0.29, 0.717) is 0 Å². The van der Waals surface area contributed by atoms with Gasteiger partial charge in [0.1, 0.15) is 16.1 Å². The molecule has 0 atom stereocenters. The molecule has 0 spiro atoms. The largest absolute Gasteiger partial charge is 0.337 e. The van der Waals surface area contributed by atoms with Crippen molar-refractivity contribution in [3.8, 4) is 33.0 Å². The van der Waals surface area contributed by atoms with E-state index < -0.39 is 51.0 Å². The van der Waals surface area contributed by atoms with Crippen LogP contribution in [0.2, 0.25) is 24.2 Å². The Hall–Kier alpha value is -7.51. The van der Waals surface area contributed by atoms with Crippen LogP contribution in [0.25, 0.3) is 75.7 Å². The Kier molecular flexibility index (Phi) is 30.2. The van der Waals surface area contributed by atoms with E-state index >= 15 is 17.6 Å². The quantitative estimate of drug-likeness (QED) is 0.00949. The van der Waals surface area contributed by atoms with Crippen LogP contribution in [0.15, 0.2) is 83.2 Å². The van der Waals surface area contributed by atoms with Crippen LogP contribution in [0.5, 0.6) is 0 Å². The summed E-state index contributed by atoms with van der Waals surface area (Å²) in [6.45, 7) is 29.9. The van der Waals surface area contributed by atoms with Gasteiger partial charge in [0, 0.05) is 80.8 Å². The minimum Gasteiger partial charge on any atom is -0.337 e. The minimum atomic E-state index is -2.73. The van der Waals surface area contributed by atoms with Crippen LogP contribution in [-0.2, 0) is 0 Å². The van der Waals surface area contributed by atoms with Crippen LogP contribution in [0.4, 0.5) is 17.6 Å². The van der Waals surface area contributed by atoms with Crippen molar-refractivity contribution in [2.45, 2.75) is 316 Å². The van der Waals surface area contributed by atoms with Crippen molar-refractivity contribution in [3.05, 3.63) is 161 Å². The standard InChI is InChI=1S/C95H115F4N5O2S2Si2/c1-9-15-21-27-33-39-45-65(46-40-34-28-22-16-10-2)104-84-59-74-86(109(47-41-35-29-23-17-11-3,48-42-36-30-24-18-12-4)88-53-66(107-94(74)88)51-76-90(82(63-100)102-7)70-55-78(96)80(98)57-72(70)92(76)105)61-68(84)69-62-87-75(60-85(69)104)95-89(110(87,49-43-37-31-25-19-13-5)50-44-38-32-26-20-14-6)54-67(108-95)52-77-91(83(64-101)103-8)71-56-79(97)81(99)58-73(71)93(77)106/h51-62,65H,9-50H2,1-6H3/b76-51-,77-52-,90-82-,91-83+. The Morgan fingerprint density at radius 1 is 0.400 bits per heavy atom. The lowest BCUT2D eigenvalue weighted by molar-refractivity contribution is 0.103. The molecule has 7 nitrogen and oxygen atoms in total. The van der Waals surface area contributed by atoms with Gasteiger partial charge in [0.05, 0.1) is 25.3 Å². The fourth-order valence-electron chi connectivity index (χ4n) is 19.0. The van der Waals surface area contributed by atoms with Gasteiger partial charge in [0.15, 0.2) is 34.8 Å². The zero-order valence-electron chi connectivity index (χ0n) is 66.6. The van der Waals surface area contributed by atoms with E-state index in [0.717, 1.165) is 135 Å². The summed E-state index contributed by atoms with van der Waals surface area (Å²) in [5.41, 5.74) is 4.71. The number of hydrogen-bond acceptors (Lipinski definition) is 6. The van der Waals surface area contributed by atoms with Gasteiger partial charge in [-0.2, -0.15) is 0 Å². The number of rotatable bonds is 45. The van der Waals surface area contributed by atoms with Crippen molar-refractivity contribution in [1.29, 1.82) is 10.5 Å². The zero-order valence-corrected chi connectivity index (χ0v) is 70.2. The molecule has 110 heavy (non-hydrogen) atoms. The van der Waals surface area contributed by atoms with Gasteiger partial charge in [-0.05, 0) is 141 Å². The van der Waals surface area contributed by atoms with Gasteiger partial charge in [-0.25, -0.2) is 37.8 Å². The summed E-state index contributed by atoms with van der Waals surface area (Å²) < 4.78 is 63.8. The number of ketones is 2. The van der Waals surface area contributed by atoms with E-state index in [9.17, 15) is 20.1 Å². The molecule has 7 aromatic rings.